The minimum Gasteiger partial charge on any atom is -0.492 e. The zero-order chi connectivity index (χ0) is 52.9. The number of rotatable bonds is 28. The van der Waals surface area contributed by atoms with Crippen LogP contribution in [0.25, 0.3) is 11.2 Å². The zero-order valence-corrected chi connectivity index (χ0v) is 38.5. The number of methoxy groups -OCH3 is 1. The first-order chi connectivity index (χ1) is 34.2. The van der Waals surface area contributed by atoms with E-state index in [1.54, 1.807) is 24.3 Å². The maximum atomic E-state index is 13.4. The van der Waals surface area contributed by atoms with E-state index in [1.165, 1.54) is 30.5 Å². The molecular formula is C44H53N13O15. The Morgan fingerprint density at radius 2 is 1.12 bits per heavy atom. The number of esters is 1. The van der Waals surface area contributed by atoms with Gasteiger partial charge >= 0.3 is 23.9 Å². The van der Waals surface area contributed by atoms with Gasteiger partial charge in [0, 0.05) is 42.0 Å². The predicted molar refractivity (Wildman–Crippen MR) is 250 cm³/mol. The quantitative estimate of drug-likeness (QED) is 0.0176. The molecule has 2 aromatic heterocycles. The van der Waals surface area contributed by atoms with Gasteiger partial charge in [-0.3, -0.25) is 43.2 Å². The molecule has 2 aromatic carbocycles. The van der Waals surface area contributed by atoms with E-state index in [0.717, 1.165) is 7.11 Å². The second-order valence-electron chi connectivity index (χ2n) is 15.7. The highest BCUT2D eigenvalue weighted by Crippen LogP contribution is 2.19. The molecule has 15 N–H and O–H groups in total. The van der Waals surface area contributed by atoms with Gasteiger partial charge in [-0.2, -0.15) is 9.97 Å². The Kier molecular flexibility index (Phi) is 20.8. The van der Waals surface area contributed by atoms with E-state index < -0.39 is 103 Å². The van der Waals surface area contributed by atoms with Gasteiger partial charge in [-0.25, -0.2) is 14.8 Å². The minimum absolute atomic E-state index is 0.00996. The van der Waals surface area contributed by atoms with Crippen molar-refractivity contribution in [3.63, 3.8) is 0 Å². The number of fused-ring (bicyclic) bond motifs is 1. The van der Waals surface area contributed by atoms with E-state index in [4.69, 9.17) is 16.2 Å². The van der Waals surface area contributed by atoms with Crippen molar-refractivity contribution in [2.45, 2.75) is 82.1 Å². The highest BCUT2D eigenvalue weighted by Gasteiger charge is 2.34. The molecule has 0 fully saturated rings. The third-order valence-electron chi connectivity index (χ3n) is 10.2. The standard InChI is InChI=1S/C44H53N13O15/c1-72-43(71)27(5-2-3-15-47-37(65)22-7-11-24(45)12-8-22)53-40(68)29(18-33(61)62)55-41(69)30(19-34(63)64)54-39(67)28(17-32(59)60)52-31(58)6-4-16-48-38(66)23-9-13-25(14-10-23)49-20-26-21-50-36-35(51-26)42(70)57-44(46)56-36/h7-14,21,27-30,49H,2-6,15-20,45H2,1H3,(H,47,65)(H,48,66)(H,52,58)(H,53,68)(H,54,67)(H,55,69)(H,59,60)(H,61,62)(H,63,64)(H3,46,50,56,57,70)/t27-,28-,29-,30-/m0/s1. The summed E-state index contributed by atoms with van der Waals surface area (Å²) in [5.41, 5.74) is 13.5. The molecule has 28 nitrogen and oxygen atoms in total. The molecule has 28 heteroatoms. The van der Waals surface area contributed by atoms with Crippen LogP contribution in [0, 0.1) is 0 Å². The molecule has 72 heavy (non-hydrogen) atoms. The summed E-state index contributed by atoms with van der Waals surface area (Å²) in [7, 11) is 1.03. The number of carboxylic acid groups (broad SMARTS) is 3. The third-order valence-corrected chi connectivity index (χ3v) is 10.2. The number of hydrogen-bond acceptors (Lipinski definition) is 19. The van der Waals surface area contributed by atoms with Gasteiger partial charge < -0.3 is 73.8 Å². The summed E-state index contributed by atoms with van der Waals surface area (Å²) in [5, 5.41) is 55.6. The molecule has 4 rings (SSSR count). The fourth-order valence-corrected chi connectivity index (χ4v) is 6.55. The number of carbonyl (C=O) groups excluding carboxylic acids is 7. The van der Waals surface area contributed by atoms with Crippen LogP contribution in [0.15, 0.2) is 54.7 Å². The monoisotopic (exact) mass is 1000 g/mol. The number of nitrogens with two attached hydrogens (primary N) is 2. The van der Waals surface area contributed by atoms with Gasteiger partial charge in [0.05, 0.1) is 44.8 Å². The predicted octanol–water partition coefficient (Wildman–Crippen LogP) is -1.45. The molecule has 6 amide bonds. The highest BCUT2D eigenvalue weighted by molar-refractivity contribution is 5.99. The number of nitrogens with one attached hydrogen (secondary N) is 7. The lowest BCUT2D eigenvalue weighted by molar-refractivity contribution is -0.146. The van der Waals surface area contributed by atoms with Crippen molar-refractivity contribution in [3.05, 3.63) is 71.5 Å². The molecule has 0 radical (unpaired) electrons. The molecule has 4 atom stereocenters. The van der Waals surface area contributed by atoms with Gasteiger partial charge in [0.25, 0.3) is 11.8 Å². The van der Waals surface area contributed by atoms with Crippen molar-refractivity contribution in [1.82, 2.24) is 51.8 Å². The number of nitrogens with zero attached hydrogens (tertiary/aromatic N) is 4. The van der Waals surface area contributed by atoms with E-state index in [0.29, 0.717) is 29.1 Å². The van der Waals surface area contributed by atoms with Crippen LogP contribution < -0.4 is 48.7 Å². The number of nitrogen functional groups attached to an aromatic ring is 2. The molecule has 4 aromatic rings. The second-order valence-corrected chi connectivity index (χ2v) is 15.7. The Labute approximate surface area is 408 Å². The molecule has 0 saturated heterocycles. The fraction of sp³-hybridized carbons (Fsp3) is 0.364. The van der Waals surface area contributed by atoms with Crippen molar-refractivity contribution in [2.24, 2.45) is 0 Å². The lowest BCUT2D eigenvalue weighted by atomic mass is 10.1. The first kappa shape index (κ1) is 55.4. The summed E-state index contributed by atoms with van der Waals surface area (Å²) in [4.78, 5) is 142. The van der Waals surface area contributed by atoms with Gasteiger partial charge in [0.2, 0.25) is 35.5 Å². The number of ether oxygens (including phenoxy) is 1. The van der Waals surface area contributed by atoms with Crippen LogP contribution in [-0.2, 0) is 49.6 Å². The van der Waals surface area contributed by atoms with Crippen LogP contribution >= 0.6 is 0 Å². The largest absolute Gasteiger partial charge is 0.492 e. The third kappa shape index (κ3) is 18.0. The highest BCUT2D eigenvalue weighted by atomic mass is 16.5. The van der Waals surface area contributed by atoms with Gasteiger partial charge in [-0.15, -0.1) is 0 Å². The van der Waals surface area contributed by atoms with Gasteiger partial charge in [0.1, 0.15) is 24.2 Å². The molecule has 384 valence electrons. The topological polar surface area (TPSA) is 449 Å². The Balaban J connectivity index is 1.27. The number of hydrogen-bond donors (Lipinski definition) is 13. The normalized spacial score (nSPS) is 12.4. The molecule has 0 bridgehead atoms. The molecular weight excluding hydrogens is 951 g/mol. The number of carboxylic acids is 3. The second kappa shape index (κ2) is 27.1. The molecule has 0 aliphatic carbocycles. The maximum Gasteiger partial charge on any atom is 0.328 e. The van der Waals surface area contributed by atoms with Gasteiger partial charge in [-0.05, 0) is 74.2 Å². The Morgan fingerprint density at radius 3 is 1.65 bits per heavy atom. The molecule has 0 saturated carbocycles. The summed E-state index contributed by atoms with van der Waals surface area (Å²) < 4.78 is 4.75. The van der Waals surface area contributed by atoms with Gasteiger partial charge in [0.15, 0.2) is 11.2 Å². The van der Waals surface area contributed by atoms with Crippen molar-refractivity contribution in [2.75, 3.05) is 37.0 Å². The number of aromatic hydroxyl groups is 1. The Bertz CT molecular complexity index is 2640. The molecule has 0 aliphatic rings. The zero-order valence-electron chi connectivity index (χ0n) is 38.5. The minimum atomic E-state index is -2.04. The van der Waals surface area contributed by atoms with E-state index in [9.17, 15) is 68.4 Å². The number of anilines is 3. The first-order valence-corrected chi connectivity index (χ1v) is 21.9. The molecule has 0 spiro atoms. The summed E-state index contributed by atoms with van der Waals surface area (Å²) in [6.07, 6.45) is -1.64. The van der Waals surface area contributed by atoms with Crippen LogP contribution in [0.2, 0.25) is 0 Å². The fourth-order valence-electron chi connectivity index (χ4n) is 6.55. The van der Waals surface area contributed by atoms with Crippen LogP contribution in [-0.4, -0.2) is 144 Å². The van der Waals surface area contributed by atoms with E-state index in [-0.39, 0.29) is 73.9 Å². The van der Waals surface area contributed by atoms with Crippen molar-refractivity contribution >= 4 is 87.8 Å². The number of aromatic nitrogens is 4. The van der Waals surface area contributed by atoms with E-state index in [2.05, 4.69) is 51.8 Å². The molecule has 2 heterocycles. The summed E-state index contributed by atoms with van der Waals surface area (Å²) in [6.45, 7) is 0.318. The summed E-state index contributed by atoms with van der Waals surface area (Å²) >= 11 is 0. The van der Waals surface area contributed by atoms with E-state index in [1.807, 2.05) is 5.32 Å². The van der Waals surface area contributed by atoms with Crippen LogP contribution in [0.1, 0.15) is 77.8 Å². The van der Waals surface area contributed by atoms with Crippen LogP contribution in [0.4, 0.5) is 17.3 Å². The average Bonchev–Trinajstić information content (AvgIpc) is 3.33. The summed E-state index contributed by atoms with van der Waals surface area (Å²) in [5.74, 6) is -12.0. The number of unbranched alkanes of at least 4 members (excludes halogenated alkanes) is 1. The number of amides is 6. The molecule has 0 unspecified atom stereocenters. The smallest absolute Gasteiger partial charge is 0.328 e. The maximum absolute atomic E-state index is 13.4. The Hall–Kier alpha value is -9.24. The van der Waals surface area contributed by atoms with Crippen molar-refractivity contribution in [1.29, 1.82) is 0 Å². The number of carbonyl (C=O) groups is 10. The van der Waals surface area contributed by atoms with Crippen molar-refractivity contribution in [3.8, 4) is 5.88 Å². The van der Waals surface area contributed by atoms with E-state index >= 15 is 0 Å². The lowest BCUT2D eigenvalue weighted by Gasteiger charge is -2.25. The number of benzene rings is 2. The lowest BCUT2D eigenvalue weighted by Crippen LogP contribution is -2.58. The number of aliphatic carboxylic acids is 3. The van der Waals surface area contributed by atoms with Crippen molar-refractivity contribution < 1.29 is 73.1 Å². The average molecular weight is 1000 g/mol. The Morgan fingerprint density at radius 1 is 0.625 bits per heavy atom. The molecule has 0 aliphatic heterocycles. The summed E-state index contributed by atoms with van der Waals surface area (Å²) in [6, 6.07) is 5.23. The van der Waals surface area contributed by atoms with Crippen LogP contribution in [0.3, 0.4) is 0 Å². The first-order valence-electron chi connectivity index (χ1n) is 21.9. The SMILES string of the molecule is COC(=O)[C@H](CCCCNC(=O)c1ccc(N)cc1)NC(=O)[C@H](CC(=O)O)NC(=O)[C@H](CC(=O)O)NC(=O)[C@H](CC(=O)O)NC(=O)CCCNC(=O)c1ccc(NCc2cnc3nc(N)nc(O)c3n2)cc1. The van der Waals surface area contributed by atoms with Gasteiger partial charge in [-0.1, -0.05) is 0 Å². The van der Waals surface area contributed by atoms with Crippen LogP contribution in [0.5, 0.6) is 5.88 Å².